The molecule has 0 radical (unpaired) electrons. The Labute approximate surface area is 209 Å². The maximum Gasteiger partial charge on any atom is 0.426 e. The van der Waals surface area contributed by atoms with Gasteiger partial charge in [0.25, 0.3) is 5.90 Å². The molecule has 186 valence electrons. The topological polar surface area (TPSA) is 78.8 Å². The Hall–Kier alpha value is -3.89. The van der Waals surface area contributed by atoms with E-state index in [1.54, 1.807) is 60.2 Å². The summed E-state index contributed by atoms with van der Waals surface area (Å²) in [4.78, 5) is 20.3. The molecule has 0 unspecified atom stereocenters. The van der Waals surface area contributed by atoms with Crippen molar-refractivity contribution in [2.24, 2.45) is 10.9 Å². The maximum absolute atomic E-state index is 13.8. The predicted octanol–water partition coefficient (Wildman–Crippen LogP) is 6.26. The van der Waals surface area contributed by atoms with E-state index >= 15 is 0 Å². The first-order chi connectivity index (χ1) is 17.2. The van der Waals surface area contributed by atoms with Crippen LogP contribution in [0.5, 0.6) is 0 Å². The number of ether oxygens (including phenoxy) is 1. The van der Waals surface area contributed by atoms with Gasteiger partial charge in [-0.3, -0.25) is 4.79 Å². The third-order valence-electron chi connectivity index (χ3n) is 5.34. The molecule has 4 aromatic rings. The molecular formula is C26H22F3N3O3S. The van der Waals surface area contributed by atoms with Crippen LogP contribution in [0.25, 0.3) is 27.7 Å². The van der Waals surface area contributed by atoms with Crippen molar-refractivity contribution in [3.8, 4) is 11.1 Å². The number of hydrogen-bond acceptors (Lipinski definition) is 6. The van der Waals surface area contributed by atoms with Gasteiger partial charge in [-0.2, -0.15) is 19.1 Å². The lowest BCUT2D eigenvalue weighted by atomic mass is 10.1. The molecule has 36 heavy (non-hydrogen) atoms. The molecule has 6 nitrogen and oxygen atoms in total. The summed E-state index contributed by atoms with van der Waals surface area (Å²) in [7, 11) is 0. The number of aromatic nitrogens is 1. The fraction of sp³-hybridized carbons (Fsp3) is 0.154. The number of halogens is 3. The number of rotatable bonds is 7. The van der Waals surface area contributed by atoms with Gasteiger partial charge in [-0.15, -0.1) is 11.3 Å². The van der Waals surface area contributed by atoms with Gasteiger partial charge in [-0.1, -0.05) is 43.0 Å². The van der Waals surface area contributed by atoms with Crippen LogP contribution in [0, 0.1) is 0 Å². The van der Waals surface area contributed by atoms with E-state index in [9.17, 15) is 18.0 Å². The Kier molecular flexibility index (Phi) is 7.27. The zero-order valence-corrected chi connectivity index (χ0v) is 20.0. The Bertz CT molecular complexity index is 1440. The fourth-order valence-electron chi connectivity index (χ4n) is 3.73. The van der Waals surface area contributed by atoms with Crippen molar-refractivity contribution in [2.45, 2.75) is 19.6 Å². The van der Waals surface area contributed by atoms with Crippen LogP contribution in [-0.2, 0) is 27.1 Å². The molecule has 0 bridgehead atoms. The minimum atomic E-state index is -4.56. The molecule has 0 amide bonds. The van der Waals surface area contributed by atoms with Gasteiger partial charge in [0.15, 0.2) is 0 Å². The average Bonchev–Trinajstić information content (AvgIpc) is 3.48. The van der Waals surface area contributed by atoms with E-state index in [0.717, 1.165) is 10.9 Å². The van der Waals surface area contributed by atoms with Crippen LogP contribution in [0.4, 0.5) is 13.2 Å². The fourth-order valence-corrected chi connectivity index (χ4v) is 4.71. The molecule has 0 saturated carbocycles. The van der Waals surface area contributed by atoms with Gasteiger partial charge in [0.2, 0.25) is 0 Å². The van der Waals surface area contributed by atoms with Gasteiger partial charge in [0.05, 0.1) is 17.2 Å². The standard InChI is InChI=1S/C26H22F3N3O3S/c1-3-34-23(33)15-32-12-11-19-13-18(9-10-21(19)32)16(2)31-25(35-30)22-14-20(17-7-5-4-6-8-17)24(36-22)26(27,28)29/h4-14H,2-3,15,30H2,1H3/b31-25-. The first-order valence-corrected chi connectivity index (χ1v) is 11.7. The molecule has 10 heteroatoms. The second-order valence-electron chi connectivity index (χ2n) is 7.72. The highest BCUT2D eigenvalue weighted by molar-refractivity contribution is 7.14. The van der Waals surface area contributed by atoms with Crippen molar-refractivity contribution >= 4 is 39.8 Å². The number of hydrogen-bond donors (Lipinski definition) is 1. The van der Waals surface area contributed by atoms with E-state index in [4.69, 9.17) is 15.5 Å². The van der Waals surface area contributed by atoms with Crippen LogP contribution in [-0.4, -0.2) is 23.0 Å². The van der Waals surface area contributed by atoms with E-state index in [0.29, 0.717) is 29.1 Å². The van der Waals surface area contributed by atoms with Crippen LogP contribution >= 0.6 is 11.3 Å². The molecule has 0 atom stereocenters. The van der Waals surface area contributed by atoms with Crippen molar-refractivity contribution in [2.75, 3.05) is 6.61 Å². The Morgan fingerprint density at radius 1 is 1.14 bits per heavy atom. The SMILES string of the molecule is C=C(/N=C(\ON)c1cc(-c2ccccc2)c(C(F)(F)F)s1)c1ccc2c(ccn2CC(=O)OCC)c1. The predicted molar refractivity (Wildman–Crippen MR) is 134 cm³/mol. The van der Waals surface area contributed by atoms with Gasteiger partial charge in [-0.25, -0.2) is 4.99 Å². The van der Waals surface area contributed by atoms with Crippen LogP contribution in [0.2, 0.25) is 0 Å². The number of aliphatic imine (C=N–C) groups is 1. The van der Waals surface area contributed by atoms with Crippen LogP contribution in [0.1, 0.15) is 22.2 Å². The highest BCUT2D eigenvalue weighted by Gasteiger charge is 2.37. The zero-order valence-electron chi connectivity index (χ0n) is 19.2. The number of thiophene rings is 1. The summed E-state index contributed by atoms with van der Waals surface area (Å²) in [6.07, 6.45) is -2.80. The van der Waals surface area contributed by atoms with Gasteiger partial charge in [0, 0.05) is 28.2 Å². The largest absolute Gasteiger partial charge is 0.465 e. The highest BCUT2D eigenvalue weighted by Crippen LogP contribution is 2.43. The van der Waals surface area contributed by atoms with Crippen LogP contribution in [0.15, 0.2) is 78.4 Å². The lowest BCUT2D eigenvalue weighted by Crippen LogP contribution is -2.12. The van der Waals surface area contributed by atoms with Gasteiger partial charge >= 0.3 is 12.1 Å². The second-order valence-corrected chi connectivity index (χ2v) is 8.77. The summed E-state index contributed by atoms with van der Waals surface area (Å²) < 4.78 is 48.0. The normalized spacial score (nSPS) is 12.1. The van der Waals surface area contributed by atoms with E-state index in [1.807, 2.05) is 12.1 Å². The quantitative estimate of drug-likeness (QED) is 0.137. The summed E-state index contributed by atoms with van der Waals surface area (Å²) in [5.74, 6) is 4.88. The number of alkyl halides is 3. The molecule has 2 aromatic carbocycles. The number of benzene rings is 2. The Morgan fingerprint density at radius 3 is 2.56 bits per heavy atom. The number of esters is 1. The van der Waals surface area contributed by atoms with Gasteiger partial charge in [-0.05, 0) is 36.8 Å². The van der Waals surface area contributed by atoms with Crippen molar-refractivity contribution in [3.63, 3.8) is 0 Å². The van der Waals surface area contributed by atoms with Crippen LogP contribution < -0.4 is 5.90 Å². The third-order valence-corrected chi connectivity index (χ3v) is 6.51. The molecule has 2 heterocycles. The highest BCUT2D eigenvalue weighted by atomic mass is 32.1. The van der Waals surface area contributed by atoms with Crippen LogP contribution in [0.3, 0.4) is 0 Å². The molecule has 0 aliphatic carbocycles. The maximum atomic E-state index is 13.8. The van der Waals surface area contributed by atoms with E-state index in [2.05, 4.69) is 11.6 Å². The number of carbonyl (C=O) groups excluding carboxylic acids is 1. The van der Waals surface area contributed by atoms with E-state index in [-0.39, 0.29) is 34.5 Å². The van der Waals surface area contributed by atoms with Crippen molar-refractivity contribution < 1.29 is 27.5 Å². The molecule has 2 aromatic heterocycles. The number of carbonyl (C=O) groups is 1. The number of nitrogens with two attached hydrogens (primary N) is 1. The minimum Gasteiger partial charge on any atom is -0.465 e. The second kappa shape index (κ2) is 10.4. The number of fused-ring (bicyclic) bond motifs is 1. The van der Waals surface area contributed by atoms with E-state index < -0.39 is 11.1 Å². The molecule has 0 fully saturated rings. The summed E-state index contributed by atoms with van der Waals surface area (Å²) in [5, 5.41) is 0.824. The smallest absolute Gasteiger partial charge is 0.426 e. The zero-order chi connectivity index (χ0) is 25.9. The molecule has 0 spiro atoms. The molecule has 2 N–H and O–H groups in total. The van der Waals surface area contributed by atoms with Gasteiger partial charge < -0.3 is 14.1 Å². The Morgan fingerprint density at radius 2 is 1.89 bits per heavy atom. The third kappa shape index (κ3) is 5.34. The summed E-state index contributed by atoms with van der Waals surface area (Å²) in [6, 6.07) is 16.8. The van der Waals surface area contributed by atoms with Gasteiger partial charge in [0.1, 0.15) is 11.4 Å². The lowest BCUT2D eigenvalue weighted by Gasteiger charge is -2.07. The number of nitrogens with zero attached hydrogens (tertiary/aromatic N) is 2. The van der Waals surface area contributed by atoms with Crippen molar-refractivity contribution in [1.29, 1.82) is 0 Å². The molecule has 0 aliphatic heterocycles. The summed E-state index contributed by atoms with van der Waals surface area (Å²) in [6.45, 7) is 6.05. The molecule has 0 saturated heterocycles. The minimum absolute atomic E-state index is 0.0165. The summed E-state index contributed by atoms with van der Waals surface area (Å²) in [5.41, 5.74) is 2.10. The van der Waals surface area contributed by atoms with Crippen molar-refractivity contribution in [1.82, 2.24) is 4.57 Å². The molecular weight excluding hydrogens is 491 g/mol. The average molecular weight is 514 g/mol. The first-order valence-electron chi connectivity index (χ1n) is 10.9. The van der Waals surface area contributed by atoms with Crippen molar-refractivity contribution in [3.05, 3.63) is 88.8 Å². The first kappa shape index (κ1) is 25.2. The molecule has 0 aliphatic rings. The Balaban J connectivity index is 1.66. The molecule has 4 rings (SSSR count). The lowest BCUT2D eigenvalue weighted by molar-refractivity contribution is -0.143. The monoisotopic (exact) mass is 513 g/mol. The van der Waals surface area contributed by atoms with E-state index in [1.165, 1.54) is 6.07 Å². The summed E-state index contributed by atoms with van der Waals surface area (Å²) >= 11 is 0.498.